The molecule has 10 heteroatoms. The lowest BCUT2D eigenvalue weighted by atomic mass is 10.1. The van der Waals surface area contributed by atoms with Crippen molar-refractivity contribution in [1.82, 2.24) is 0 Å². The highest BCUT2D eigenvalue weighted by atomic mass is 16.8. The van der Waals surface area contributed by atoms with Crippen LogP contribution in [0, 0.1) is 10.4 Å². The summed E-state index contributed by atoms with van der Waals surface area (Å²) in [7, 11) is 0. The van der Waals surface area contributed by atoms with Gasteiger partial charge < -0.3 is 19.9 Å². The molecule has 1 aromatic carbocycles. The number of rotatable bonds is 6. The molecular weight excluding hydrogens is 300 g/mol. The minimum Gasteiger partial charge on any atom is -0.595 e. The van der Waals surface area contributed by atoms with E-state index in [0.717, 1.165) is 12.1 Å². The predicted octanol–water partition coefficient (Wildman–Crippen LogP) is -1.15. The minimum absolute atomic E-state index is 0.00663. The van der Waals surface area contributed by atoms with E-state index in [0.29, 0.717) is 0 Å². The topological polar surface area (TPSA) is 148 Å². The Hall–Kier alpha value is -2.08. The second-order valence-corrected chi connectivity index (χ2v) is 3.99. The molecule has 0 fully saturated rings. The number of hydrogen-bond acceptors (Lipinski definition) is 8. The van der Waals surface area contributed by atoms with E-state index in [9.17, 15) is 20.0 Å². The molecule has 0 spiro atoms. The van der Waals surface area contributed by atoms with E-state index in [1.807, 2.05) is 0 Å². The van der Waals surface area contributed by atoms with Gasteiger partial charge in [-0.1, -0.05) is 0 Å². The average molecular weight is 316 g/mol. The molecule has 1 aromatic rings. The van der Waals surface area contributed by atoms with Gasteiger partial charge in [-0.3, -0.25) is 0 Å². The van der Waals surface area contributed by atoms with Crippen LogP contribution in [0.25, 0.3) is 0 Å². The molecule has 0 heterocycles. The quantitative estimate of drug-likeness (QED) is 0.379. The normalized spacial score (nSPS) is 13.4. The molecule has 0 aromatic heterocycles. The summed E-state index contributed by atoms with van der Waals surface area (Å²) in [5.74, 6) is -1.94. The van der Waals surface area contributed by atoms with Crippen LogP contribution < -0.4 is 10.5 Å². The zero-order valence-corrected chi connectivity index (χ0v) is 11.9. The van der Waals surface area contributed by atoms with Crippen molar-refractivity contribution in [3.8, 4) is 0 Å². The van der Waals surface area contributed by atoms with Gasteiger partial charge in [-0.05, 0) is 19.9 Å². The van der Waals surface area contributed by atoms with E-state index in [1.54, 1.807) is 0 Å². The summed E-state index contributed by atoms with van der Waals surface area (Å²) < 4.78 is 9.42. The number of ether oxygens (including phenoxy) is 2. The lowest BCUT2D eigenvalue weighted by molar-refractivity contribution is -0.996. The van der Waals surface area contributed by atoms with Crippen LogP contribution in [-0.4, -0.2) is 35.6 Å². The molecule has 2 atom stereocenters. The van der Waals surface area contributed by atoms with Crippen LogP contribution in [0.4, 0.5) is 11.4 Å². The Labute approximate surface area is 125 Å². The molecule has 0 amide bonds. The maximum absolute atomic E-state index is 11.8. The van der Waals surface area contributed by atoms with E-state index in [1.165, 1.54) is 13.8 Å². The number of benzene rings is 1. The van der Waals surface area contributed by atoms with E-state index in [-0.39, 0.29) is 13.2 Å². The highest BCUT2D eigenvalue weighted by molar-refractivity contribution is 6.01. The van der Waals surface area contributed by atoms with Gasteiger partial charge in [0.05, 0.1) is 19.3 Å². The molecular formula is C12H16N2O8. The number of hydrogen-bond donors (Lipinski definition) is 4. The van der Waals surface area contributed by atoms with Crippen LogP contribution in [0.3, 0.4) is 0 Å². The highest BCUT2D eigenvalue weighted by Gasteiger charge is 2.27. The number of carbonyl (C=O) groups excluding carboxylic acids is 2. The van der Waals surface area contributed by atoms with Gasteiger partial charge in [0.15, 0.2) is 11.4 Å². The molecule has 0 radical (unpaired) electrons. The second-order valence-electron chi connectivity index (χ2n) is 3.99. The first-order valence-electron chi connectivity index (χ1n) is 6.32. The Kier molecular flexibility index (Phi) is 6.37. The van der Waals surface area contributed by atoms with Crippen LogP contribution in [-0.2, 0) is 9.47 Å². The van der Waals surface area contributed by atoms with Crippen LogP contribution in [0.1, 0.15) is 34.6 Å². The van der Waals surface area contributed by atoms with Gasteiger partial charge in [0.1, 0.15) is 11.1 Å². The second kappa shape index (κ2) is 7.79. The molecule has 2 unspecified atom stereocenters. The molecule has 10 nitrogen and oxygen atoms in total. The molecule has 122 valence electrons. The van der Waals surface area contributed by atoms with Gasteiger partial charge >= 0.3 is 11.9 Å². The van der Waals surface area contributed by atoms with Gasteiger partial charge in [-0.25, -0.2) is 20.0 Å². The summed E-state index contributed by atoms with van der Waals surface area (Å²) >= 11 is 0. The Morgan fingerprint density at radius 1 is 0.955 bits per heavy atom. The monoisotopic (exact) mass is 316 g/mol. The zero-order valence-electron chi connectivity index (χ0n) is 11.9. The third kappa shape index (κ3) is 3.98. The Bertz CT molecular complexity index is 513. The van der Waals surface area contributed by atoms with E-state index >= 15 is 0 Å². The lowest BCUT2D eigenvalue weighted by Gasteiger charge is -2.20. The zero-order chi connectivity index (χ0) is 16.9. The number of quaternary nitrogens is 2. The summed E-state index contributed by atoms with van der Waals surface area (Å²) in [4.78, 5) is 23.6. The minimum atomic E-state index is -1.51. The SMILES string of the molecule is CCOC(=O)c1cc(C(=O)OCC)c([NH+]([O-])O)cc1[NH+]([O-])O. The third-order valence-electron chi connectivity index (χ3n) is 2.61. The van der Waals surface area contributed by atoms with Gasteiger partial charge in [0.25, 0.3) is 0 Å². The van der Waals surface area contributed by atoms with Crippen LogP contribution in [0.15, 0.2) is 12.1 Å². The standard InChI is InChI=1S/C12H16N2O8/c1-3-21-11(15)7-5-8(12(16)22-4-2)10(14(19)20)6-9(7)13(17)18/h5-6,13-14,17,19H,3-4H2,1-2H3. The molecule has 0 bridgehead atoms. The van der Waals surface area contributed by atoms with Gasteiger partial charge in [-0.2, -0.15) is 10.5 Å². The summed E-state index contributed by atoms with van der Waals surface area (Å²) in [6.07, 6.45) is 0. The van der Waals surface area contributed by atoms with Gasteiger partial charge in [0, 0.05) is 0 Å². The first-order valence-corrected chi connectivity index (χ1v) is 6.32. The Balaban J connectivity index is 3.51. The maximum Gasteiger partial charge on any atom is 0.344 e. The van der Waals surface area contributed by atoms with Crippen molar-refractivity contribution >= 4 is 23.3 Å². The average Bonchev–Trinajstić information content (AvgIpc) is 2.46. The molecule has 0 aliphatic heterocycles. The predicted molar refractivity (Wildman–Crippen MR) is 69.9 cm³/mol. The Morgan fingerprint density at radius 2 is 1.32 bits per heavy atom. The van der Waals surface area contributed by atoms with Crippen LogP contribution in [0.2, 0.25) is 0 Å². The van der Waals surface area contributed by atoms with E-state index in [4.69, 9.17) is 19.9 Å². The van der Waals surface area contributed by atoms with Crippen molar-refractivity contribution in [3.63, 3.8) is 0 Å². The first kappa shape index (κ1) is 18.0. The number of esters is 2. The van der Waals surface area contributed by atoms with Crippen molar-refractivity contribution in [2.24, 2.45) is 0 Å². The fourth-order valence-electron chi connectivity index (χ4n) is 1.71. The summed E-state index contributed by atoms with van der Waals surface area (Å²) in [6, 6.07) is 1.60. The molecule has 0 aliphatic carbocycles. The summed E-state index contributed by atoms with van der Waals surface area (Å²) in [5.41, 5.74) is -1.96. The van der Waals surface area contributed by atoms with Crippen molar-refractivity contribution in [1.29, 1.82) is 0 Å². The lowest BCUT2D eigenvalue weighted by Crippen LogP contribution is -3.01. The van der Waals surface area contributed by atoms with Crippen LogP contribution in [0.5, 0.6) is 0 Å². The summed E-state index contributed by atoms with van der Waals surface area (Å²) in [6.45, 7) is 3.03. The van der Waals surface area contributed by atoms with Crippen molar-refractivity contribution in [2.75, 3.05) is 13.2 Å². The van der Waals surface area contributed by atoms with Crippen molar-refractivity contribution in [3.05, 3.63) is 33.7 Å². The number of nitrogens with one attached hydrogen (secondary N) is 2. The molecule has 0 aliphatic rings. The maximum atomic E-state index is 11.8. The number of carbonyl (C=O) groups is 2. The molecule has 22 heavy (non-hydrogen) atoms. The molecule has 1 rings (SSSR count). The van der Waals surface area contributed by atoms with Gasteiger partial charge in [0.2, 0.25) is 0 Å². The van der Waals surface area contributed by atoms with E-state index < -0.39 is 44.9 Å². The molecule has 0 saturated heterocycles. The molecule has 4 N–H and O–H groups in total. The first-order chi connectivity index (χ1) is 10.3. The summed E-state index contributed by atoms with van der Waals surface area (Å²) in [5, 5.41) is 37.6. The van der Waals surface area contributed by atoms with Crippen molar-refractivity contribution in [2.45, 2.75) is 13.8 Å². The molecule has 0 saturated carbocycles. The largest absolute Gasteiger partial charge is 0.595 e. The smallest absolute Gasteiger partial charge is 0.344 e. The van der Waals surface area contributed by atoms with Crippen LogP contribution >= 0.6 is 0 Å². The third-order valence-corrected chi connectivity index (χ3v) is 2.61. The van der Waals surface area contributed by atoms with E-state index in [2.05, 4.69) is 0 Å². The fourth-order valence-corrected chi connectivity index (χ4v) is 1.71. The van der Waals surface area contributed by atoms with Crippen molar-refractivity contribution < 1.29 is 39.9 Å². The van der Waals surface area contributed by atoms with Gasteiger partial charge in [-0.15, -0.1) is 0 Å². The highest BCUT2D eigenvalue weighted by Crippen LogP contribution is 2.22. The Morgan fingerprint density at radius 3 is 1.59 bits per heavy atom. The fraction of sp³-hybridized carbons (Fsp3) is 0.333.